The van der Waals surface area contributed by atoms with Crippen LogP contribution in [0.4, 0.5) is 11.6 Å². The molecule has 0 aliphatic carbocycles. The molecule has 1 fully saturated rings. The van der Waals surface area contributed by atoms with Gasteiger partial charge in [0.1, 0.15) is 11.2 Å². The normalized spacial score (nSPS) is 15.8. The van der Waals surface area contributed by atoms with Gasteiger partial charge in [-0.25, -0.2) is 23.1 Å². The zero-order valence-corrected chi connectivity index (χ0v) is 27.1. The Bertz CT molecular complexity index is 2040. The summed E-state index contributed by atoms with van der Waals surface area (Å²) in [7, 11) is -2.13. The molecule has 1 amide bonds. The highest BCUT2D eigenvalue weighted by molar-refractivity contribution is 7.89. The van der Waals surface area contributed by atoms with Crippen molar-refractivity contribution in [3.8, 4) is 6.07 Å². The first-order valence-electron chi connectivity index (χ1n) is 14.3. The number of piperidine rings is 1. The highest BCUT2D eigenvalue weighted by Gasteiger charge is 2.27. The second-order valence-electron chi connectivity index (χ2n) is 11.4. The van der Waals surface area contributed by atoms with E-state index in [-0.39, 0.29) is 28.0 Å². The average molecular weight is 649 g/mol. The molecule has 3 aromatic heterocycles. The molecule has 1 aliphatic heterocycles. The van der Waals surface area contributed by atoms with Crippen LogP contribution >= 0.6 is 11.6 Å². The number of pyridine rings is 2. The van der Waals surface area contributed by atoms with Crippen LogP contribution in [-0.2, 0) is 17.1 Å². The Morgan fingerprint density at radius 2 is 1.96 bits per heavy atom. The number of hydrogen-bond acceptors (Lipinski definition) is 10. The second-order valence-corrected chi connectivity index (χ2v) is 13.6. The summed E-state index contributed by atoms with van der Waals surface area (Å²) in [6.07, 6.45) is 4.49. The summed E-state index contributed by atoms with van der Waals surface area (Å²) >= 11 is 6.04. The van der Waals surface area contributed by atoms with Gasteiger partial charge in [-0.05, 0) is 69.0 Å². The molecule has 0 spiro atoms. The average Bonchev–Trinajstić information content (AvgIpc) is 2.99. The van der Waals surface area contributed by atoms with Gasteiger partial charge in [-0.3, -0.25) is 19.1 Å². The van der Waals surface area contributed by atoms with Crippen LogP contribution in [-0.4, -0.2) is 53.2 Å². The van der Waals surface area contributed by atoms with E-state index < -0.39 is 22.0 Å². The van der Waals surface area contributed by atoms with Crippen LogP contribution in [0.3, 0.4) is 0 Å². The van der Waals surface area contributed by atoms with E-state index >= 15 is 0 Å². The number of anilines is 2. The first kappa shape index (κ1) is 31.9. The molecule has 0 unspecified atom stereocenters. The fourth-order valence-corrected chi connectivity index (χ4v) is 6.30. The van der Waals surface area contributed by atoms with Gasteiger partial charge in [-0.15, -0.1) is 0 Å². The van der Waals surface area contributed by atoms with Crippen molar-refractivity contribution in [2.24, 2.45) is 7.05 Å². The molecule has 14 heteroatoms. The van der Waals surface area contributed by atoms with E-state index in [0.717, 1.165) is 30.2 Å². The fraction of sp³-hybridized carbons (Fsp3) is 0.355. The first-order chi connectivity index (χ1) is 21.3. The standard InChI is InChI=1S/C31H33ClN8O4S/c1-17-11-23(19(3)35-25-8-9-26(32)36-28(25)29(41)38-45(5,43)44)27-24(12-17)30(42)39(4)31(37-27)40-10-6-7-20(16-40)22-13-21(14-33)18(2)34-15-22/h8-9,11-13,15,19-20,35H,6-7,10,16H2,1-5H3,(H,38,41)/t19-,20+/m1/s1. The van der Waals surface area contributed by atoms with Crippen molar-refractivity contribution >= 4 is 50.1 Å². The highest BCUT2D eigenvalue weighted by Crippen LogP contribution is 2.32. The van der Waals surface area contributed by atoms with Crippen molar-refractivity contribution < 1.29 is 13.2 Å². The highest BCUT2D eigenvalue weighted by atomic mass is 35.5. The molecular weight excluding hydrogens is 616 g/mol. The Hall–Kier alpha value is -4.54. The van der Waals surface area contributed by atoms with Gasteiger partial charge < -0.3 is 10.2 Å². The molecule has 0 radical (unpaired) electrons. The molecule has 1 aromatic carbocycles. The lowest BCUT2D eigenvalue weighted by molar-refractivity contribution is 0.0977. The molecule has 4 aromatic rings. The Balaban J connectivity index is 1.53. The van der Waals surface area contributed by atoms with Crippen molar-refractivity contribution in [2.45, 2.75) is 45.6 Å². The number of aromatic nitrogens is 4. The predicted molar refractivity (Wildman–Crippen MR) is 173 cm³/mol. The number of benzene rings is 1. The Labute approximate surface area is 266 Å². The summed E-state index contributed by atoms with van der Waals surface area (Å²) in [5.74, 6) is -0.293. The van der Waals surface area contributed by atoms with Gasteiger partial charge in [-0.2, -0.15) is 5.26 Å². The number of hydrogen-bond donors (Lipinski definition) is 2. The summed E-state index contributed by atoms with van der Waals surface area (Å²) in [5.41, 5.74) is 4.16. The number of fused-ring (bicyclic) bond motifs is 1. The smallest absolute Gasteiger partial charge is 0.285 e. The van der Waals surface area contributed by atoms with Crippen LogP contribution in [0.15, 0.2) is 41.3 Å². The van der Waals surface area contributed by atoms with Crippen LogP contribution in [0.5, 0.6) is 0 Å². The zero-order chi connectivity index (χ0) is 32.6. The van der Waals surface area contributed by atoms with Crippen LogP contribution in [0.2, 0.25) is 5.15 Å². The number of amides is 1. The SMILES string of the molecule is Cc1cc([C@@H](C)Nc2ccc(Cl)nc2C(=O)NS(C)(=O)=O)c2nc(N3CCC[C@H](c4cnc(C)c(C#N)c4)C3)n(C)c(=O)c2c1. The largest absolute Gasteiger partial charge is 0.377 e. The topological polar surface area (TPSA) is 163 Å². The second kappa shape index (κ2) is 12.5. The fourth-order valence-electron chi connectivity index (χ4n) is 5.72. The van der Waals surface area contributed by atoms with Crippen LogP contribution in [0.1, 0.15) is 70.2 Å². The maximum atomic E-state index is 13.8. The van der Waals surface area contributed by atoms with Gasteiger partial charge in [0.2, 0.25) is 16.0 Å². The number of sulfonamides is 1. The van der Waals surface area contributed by atoms with Crippen LogP contribution < -0.4 is 20.5 Å². The molecule has 45 heavy (non-hydrogen) atoms. The van der Waals surface area contributed by atoms with Crippen LogP contribution in [0.25, 0.3) is 10.9 Å². The van der Waals surface area contributed by atoms with Gasteiger partial charge in [0.25, 0.3) is 11.5 Å². The molecule has 0 bridgehead atoms. The number of nitrogens with one attached hydrogen (secondary N) is 2. The molecule has 2 N–H and O–H groups in total. The van der Waals surface area contributed by atoms with E-state index in [1.54, 1.807) is 23.7 Å². The van der Waals surface area contributed by atoms with Crippen molar-refractivity contribution in [1.29, 1.82) is 5.26 Å². The van der Waals surface area contributed by atoms with E-state index in [2.05, 4.69) is 26.3 Å². The summed E-state index contributed by atoms with van der Waals surface area (Å²) in [6, 6.07) is 10.4. The Kier molecular flexibility index (Phi) is 8.82. The van der Waals surface area contributed by atoms with E-state index in [0.29, 0.717) is 46.8 Å². The van der Waals surface area contributed by atoms with Gasteiger partial charge >= 0.3 is 0 Å². The van der Waals surface area contributed by atoms with Crippen molar-refractivity contribution in [2.75, 3.05) is 29.6 Å². The molecule has 0 saturated carbocycles. The quantitative estimate of drug-likeness (QED) is 0.279. The summed E-state index contributed by atoms with van der Waals surface area (Å²) in [5, 5.41) is 13.2. The number of carbonyl (C=O) groups is 1. The summed E-state index contributed by atoms with van der Waals surface area (Å²) in [6.45, 7) is 6.86. The van der Waals surface area contributed by atoms with E-state index in [1.165, 1.54) is 6.07 Å². The number of aryl methyl sites for hydroxylation is 2. The number of carbonyl (C=O) groups excluding carboxylic acids is 1. The van der Waals surface area contributed by atoms with E-state index in [4.69, 9.17) is 16.6 Å². The number of nitrogens with zero attached hydrogens (tertiary/aromatic N) is 6. The van der Waals surface area contributed by atoms with E-state index in [1.807, 2.05) is 43.8 Å². The maximum absolute atomic E-state index is 13.8. The number of rotatable bonds is 7. The van der Waals surface area contributed by atoms with Crippen molar-refractivity contribution in [1.82, 2.24) is 24.2 Å². The lowest BCUT2D eigenvalue weighted by atomic mass is 9.91. The minimum Gasteiger partial charge on any atom is -0.377 e. The van der Waals surface area contributed by atoms with Crippen molar-refractivity contribution in [3.63, 3.8) is 0 Å². The maximum Gasteiger partial charge on any atom is 0.285 e. The van der Waals surface area contributed by atoms with Crippen molar-refractivity contribution in [3.05, 3.63) is 85.7 Å². The molecule has 1 aliphatic rings. The third-order valence-electron chi connectivity index (χ3n) is 7.93. The molecule has 12 nitrogen and oxygen atoms in total. The third kappa shape index (κ3) is 6.77. The van der Waals surface area contributed by atoms with Crippen LogP contribution in [0, 0.1) is 25.2 Å². The molecule has 234 valence electrons. The summed E-state index contributed by atoms with van der Waals surface area (Å²) < 4.78 is 27.0. The lowest BCUT2D eigenvalue weighted by Gasteiger charge is -2.34. The van der Waals surface area contributed by atoms with Gasteiger partial charge in [0.15, 0.2) is 5.69 Å². The zero-order valence-electron chi connectivity index (χ0n) is 25.5. The first-order valence-corrected chi connectivity index (χ1v) is 16.6. The lowest BCUT2D eigenvalue weighted by Crippen LogP contribution is -2.39. The monoisotopic (exact) mass is 648 g/mol. The number of nitriles is 1. The summed E-state index contributed by atoms with van der Waals surface area (Å²) in [4.78, 5) is 42.2. The third-order valence-corrected chi connectivity index (χ3v) is 8.69. The predicted octanol–water partition coefficient (Wildman–Crippen LogP) is 4.11. The minimum absolute atomic E-state index is 0.0211. The molecule has 2 atom stereocenters. The molecule has 1 saturated heterocycles. The Morgan fingerprint density at radius 1 is 1.20 bits per heavy atom. The molecule has 4 heterocycles. The molecule has 5 rings (SSSR count). The molecular formula is C31H33ClN8O4S. The van der Waals surface area contributed by atoms with Gasteiger partial charge in [0, 0.05) is 37.8 Å². The van der Waals surface area contributed by atoms with Gasteiger partial charge in [-0.1, -0.05) is 17.7 Å². The van der Waals surface area contributed by atoms with Gasteiger partial charge in [0.05, 0.1) is 40.1 Å². The Morgan fingerprint density at radius 3 is 2.67 bits per heavy atom. The van der Waals surface area contributed by atoms with E-state index in [9.17, 15) is 23.3 Å². The minimum atomic E-state index is -3.85. The number of halogens is 1.